The third-order valence-corrected chi connectivity index (χ3v) is 5.98. The van der Waals surface area contributed by atoms with Gasteiger partial charge in [-0.25, -0.2) is 13.8 Å². The lowest BCUT2D eigenvalue weighted by molar-refractivity contribution is -0.746. The highest BCUT2D eigenvalue weighted by Crippen LogP contribution is 2.39. The first-order valence-electron chi connectivity index (χ1n) is 11.3. The molecule has 0 atom stereocenters. The number of nitrogens with zero attached hydrogens (tertiary/aromatic N) is 4. The van der Waals surface area contributed by atoms with Crippen LogP contribution in [0.15, 0.2) is 77.8 Å². The molecule has 0 aliphatic heterocycles. The van der Waals surface area contributed by atoms with Crippen LogP contribution in [0, 0.1) is 11.6 Å². The molecular formula is C26H16F5N6O+. The molecule has 0 aliphatic carbocycles. The lowest BCUT2D eigenvalue weighted by atomic mass is 9.98. The molecule has 7 nitrogen and oxygen atoms in total. The average Bonchev–Trinajstić information content (AvgIpc) is 3.66. The summed E-state index contributed by atoms with van der Waals surface area (Å²) in [5.74, 6) is -1.64. The minimum absolute atomic E-state index is 0.0278. The first-order chi connectivity index (χ1) is 18.3. The highest BCUT2D eigenvalue weighted by atomic mass is 19.4. The predicted octanol–water partition coefficient (Wildman–Crippen LogP) is 5.91. The molecule has 0 spiro atoms. The van der Waals surface area contributed by atoms with Crippen LogP contribution in [0.1, 0.15) is 11.3 Å². The highest BCUT2D eigenvalue weighted by molar-refractivity contribution is 5.77. The van der Waals surface area contributed by atoms with Gasteiger partial charge in [-0.05, 0) is 40.5 Å². The molecule has 2 aromatic carbocycles. The van der Waals surface area contributed by atoms with Gasteiger partial charge in [0.05, 0.1) is 11.1 Å². The van der Waals surface area contributed by atoms with E-state index in [0.29, 0.717) is 22.2 Å². The Morgan fingerprint density at radius 2 is 1.84 bits per heavy atom. The molecule has 0 amide bonds. The van der Waals surface area contributed by atoms with Gasteiger partial charge < -0.3 is 14.5 Å². The summed E-state index contributed by atoms with van der Waals surface area (Å²) in [6.45, 7) is 0.0500. The van der Waals surface area contributed by atoms with Gasteiger partial charge in [-0.2, -0.15) is 13.2 Å². The van der Waals surface area contributed by atoms with Gasteiger partial charge in [0.2, 0.25) is 18.5 Å². The Bertz CT molecular complexity index is 1770. The summed E-state index contributed by atoms with van der Waals surface area (Å²) in [5.41, 5.74) is 0.983. The number of H-pyrrole nitrogens is 2. The molecule has 38 heavy (non-hydrogen) atoms. The van der Waals surface area contributed by atoms with Crippen LogP contribution in [-0.4, -0.2) is 25.2 Å². The number of halogens is 5. The molecule has 12 heteroatoms. The first kappa shape index (κ1) is 23.5. The van der Waals surface area contributed by atoms with Gasteiger partial charge in [-0.3, -0.25) is 0 Å². The van der Waals surface area contributed by atoms with E-state index in [1.165, 1.54) is 35.1 Å². The van der Waals surface area contributed by atoms with Crippen LogP contribution in [-0.2, 0) is 12.7 Å². The first-order valence-corrected chi connectivity index (χ1v) is 11.3. The molecule has 6 rings (SSSR count). The number of alkyl halides is 3. The van der Waals surface area contributed by atoms with E-state index in [4.69, 9.17) is 4.52 Å². The third-order valence-electron chi connectivity index (χ3n) is 5.98. The van der Waals surface area contributed by atoms with Crippen molar-refractivity contribution < 1.29 is 31.2 Å². The second-order valence-corrected chi connectivity index (χ2v) is 8.49. The standard InChI is InChI=1S/C26H15F5N6O/c27-20-3-1-2-18(24(20)28)25-34-22-11-33-37(13-23(22)35-25)12-16-9-21(36-38-16)17-5-4-14(15-6-7-32-10-15)8-19(17)26(29,30)31/h1-11,13H,12H2,(H,32,36)/p+1. The monoisotopic (exact) mass is 523 g/mol. The Morgan fingerprint density at radius 1 is 0.974 bits per heavy atom. The van der Waals surface area contributed by atoms with Gasteiger partial charge in [-0.15, -0.1) is 0 Å². The van der Waals surface area contributed by atoms with E-state index in [9.17, 15) is 22.0 Å². The summed E-state index contributed by atoms with van der Waals surface area (Å²) >= 11 is 0. The van der Waals surface area contributed by atoms with Crippen molar-refractivity contribution in [3.05, 3.63) is 96.3 Å². The number of benzene rings is 2. The molecule has 0 saturated heterocycles. The van der Waals surface area contributed by atoms with E-state index in [2.05, 4.69) is 25.2 Å². The molecule has 0 aliphatic rings. The summed E-state index contributed by atoms with van der Waals surface area (Å²) in [6, 6.07) is 10.9. The fourth-order valence-electron chi connectivity index (χ4n) is 4.17. The van der Waals surface area contributed by atoms with Crippen molar-refractivity contribution in [2.24, 2.45) is 0 Å². The Labute approximate surface area is 210 Å². The van der Waals surface area contributed by atoms with Gasteiger partial charge in [0.15, 0.2) is 11.6 Å². The van der Waals surface area contributed by atoms with Crippen LogP contribution in [0.3, 0.4) is 0 Å². The van der Waals surface area contributed by atoms with E-state index in [1.54, 1.807) is 30.7 Å². The average molecular weight is 523 g/mol. The second kappa shape index (κ2) is 8.91. The van der Waals surface area contributed by atoms with Crippen molar-refractivity contribution in [1.29, 1.82) is 0 Å². The topological polar surface area (TPSA) is 87.3 Å². The van der Waals surface area contributed by atoms with Crippen molar-refractivity contribution in [2.75, 3.05) is 0 Å². The quantitative estimate of drug-likeness (QED) is 0.217. The highest BCUT2D eigenvalue weighted by Gasteiger charge is 2.35. The Kier molecular flexibility index (Phi) is 5.51. The largest absolute Gasteiger partial charge is 0.417 e. The summed E-state index contributed by atoms with van der Waals surface area (Å²) in [5, 5.41) is 8.08. The van der Waals surface area contributed by atoms with Gasteiger partial charge >= 0.3 is 6.18 Å². The van der Waals surface area contributed by atoms with Crippen LogP contribution in [0.4, 0.5) is 22.0 Å². The SMILES string of the molecule is Fc1cccc(-c2nc3cn[n+](Cc4cc(-c5ccc(-c6cc[nH]c6)cc5C(F)(F)F)no4)cc3[nH]2)c1F. The minimum Gasteiger partial charge on any atom is -0.367 e. The zero-order chi connectivity index (χ0) is 26.4. The maximum absolute atomic E-state index is 14.2. The Balaban J connectivity index is 1.29. The van der Waals surface area contributed by atoms with Crippen LogP contribution < -0.4 is 4.68 Å². The molecule has 0 unspecified atom stereocenters. The molecule has 190 valence electrons. The number of imidazole rings is 1. The summed E-state index contributed by atoms with van der Waals surface area (Å²) in [4.78, 5) is 10.0. The van der Waals surface area contributed by atoms with E-state index < -0.39 is 23.4 Å². The molecule has 6 aromatic rings. The molecule has 0 bridgehead atoms. The fourth-order valence-corrected chi connectivity index (χ4v) is 4.17. The summed E-state index contributed by atoms with van der Waals surface area (Å²) < 4.78 is 76.2. The molecule has 0 saturated carbocycles. The molecule has 4 heterocycles. The maximum Gasteiger partial charge on any atom is 0.417 e. The van der Waals surface area contributed by atoms with Crippen LogP contribution in [0.25, 0.3) is 44.8 Å². The van der Waals surface area contributed by atoms with Crippen molar-refractivity contribution in [1.82, 2.24) is 25.2 Å². The Morgan fingerprint density at radius 3 is 2.63 bits per heavy atom. The number of aromatic nitrogens is 6. The fraction of sp³-hybridized carbons (Fsp3) is 0.0769. The normalized spacial score (nSPS) is 11.9. The molecule has 0 radical (unpaired) electrons. The number of fused-ring (bicyclic) bond motifs is 1. The molecule has 0 fully saturated rings. The van der Waals surface area contributed by atoms with E-state index in [0.717, 1.165) is 12.1 Å². The molecular weight excluding hydrogens is 507 g/mol. The van der Waals surface area contributed by atoms with E-state index in [1.807, 2.05) is 0 Å². The zero-order valence-electron chi connectivity index (χ0n) is 19.2. The van der Waals surface area contributed by atoms with Gasteiger partial charge in [0, 0.05) is 24.0 Å². The number of hydrogen-bond donors (Lipinski definition) is 2. The molecule has 4 aromatic heterocycles. The summed E-state index contributed by atoms with van der Waals surface area (Å²) in [6.07, 6.45) is 1.62. The number of aromatic amines is 2. The van der Waals surface area contributed by atoms with Crippen molar-refractivity contribution in [3.8, 4) is 33.8 Å². The van der Waals surface area contributed by atoms with Crippen molar-refractivity contribution in [2.45, 2.75) is 12.7 Å². The predicted molar refractivity (Wildman–Crippen MR) is 125 cm³/mol. The number of hydrogen-bond acceptors (Lipinski definition) is 4. The van der Waals surface area contributed by atoms with Crippen molar-refractivity contribution >= 4 is 11.0 Å². The minimum atomic E-state index is -4.61. The molecule has 2 N–H and O–H groups in total. The Hall–Kier alpha value is -4.87. The number of rotatable bonds is 5. The van der Waals surface area contributed by atoms with Gasteiger partial charge in [-0.1, -0.05) is 28.0 Å². The van der Waals surface area contributed by atoms with Gasteiger partial charge in [0.25, 0.3) is 0 Å². The third kappa shape index (κ3) is 4.29. The number of nitrogens with one attached hydrogen (secondary N) is 2. The van der Waals surface area contributed by atoms with Crippen LogP contribution >= 0.6 is 0 Å². The summed E-state index contributed by atoms with van der Waals surface area (Å²) in [7, 11) is 0. The van der Waals surface area contributed by atoms with E-state index >= 15 is 0 Å². The second-order valence-electron chi connectivity index (χ2n) is 8.49. The van der Waals surface area contributed by atoms with Crippen LogP contribution in [0.5, 0.6) is 0 Å². The van der Waals surface area contributed by atoms with Crippen molar-refractivity contribution in [3.63, 3.8) is 0 Å². The lowest BCUT2D eigenvalue weighted by Gasteiger charge is -2.12. The van der Waals surface area contributed by atoms with E-state index in [-0.39, 0.29) is 35.0 Å². The maximum atomic E-state index is 14.2. The lowest BCUT2D eigenvalue weighted by Crippen LogP contribution is -2.37. The van der Waals surface area contributed by atoms with Gasteiger partial charge in [0.1, 0.15) is 28.7 Å². The zero-order valence-corrected chi connectivity index (χ0v) is 19.2. The smallest absolute Gasteiger partial charge is 0.367 e. The van der Waals surface area contributed by atoms with Crippen LogP contribution in [0.2, 0.25) is 0 Å².